The summed E-state index contributed by atoms with van der Waals surface area (Å²) in [6, 6.07) is 10.5. The van der Waals surface area contributed by atoms with Crippen LogP contribution >= 0.6 is 0 Å². The highest BCUT2D eigenvalue weighted by Crippen LogP contribution is 2.28. The Balaban J connectivity index is 2.33. The molecule has 2 aromatic rings. The Bertz CT molecular complexity index is 591. The molecule has 0 bridgehead atoms. The van der Waals surface area contributed by atoms with E-state index in [1.807, 2.05) is 19.2 Å². The lowest BCUT2D eigenvalue weighted by molar-refractivity contribution is 0.583. The third-order valence-corrected chi connectivity index (χ3v) is 3.56. The molecule has 0 radical (unpaired) electrons. The lowest BCUT2D eigenvalue weighted by atomic mass is 9.99. The molecule has 0 fully saturated rings. The average Bonchev–Trinajstić information content (AvgIpc) is 2.45. The number of likely N-dealkylation sites (N-methyl/N-ethyl adjacent to an activating group) is 1. The van der Waals surface area contributed by atoms with Crippen LogP contribution in [0.15, 0.2) is 36.4 Å². The molecule has 1 unspecified atom stereocenters. The smallest absolute Gasteiger partial charge is 0.136 e. The molecule has 0 spiro atoms. The van der Waals surface area contributed by atoms with Gasteiger partial charge in [0.25, 0.3) is 0 Å². The third kappa shape index (κ3) is 3.05. The Kier molecular flexibility index (Phi) is 4.50. The first-order valence-corrected chi connectivity index (χ1v) is 6.74. The molecule has 1 atom stereocenters. The van der Waals surface area contributed by atoms with Crippen LogP contribution in [0.3, 0.4) is 0 Å². The fourth-order valence-electron chi connectivity index (χ4n) is 2.18. The van der Waals surface area contributed by atoms with Crippen LogP contribution in [0.2, 0.25) is 0 Å². The van der Waals surface area contributed by atoms with Crippen LogP contribution in [-0.4, -0.2) is 13.1 Å². The molecule has 0 saturated carbocycles. The monoisotopic (exact) mass is 275 g/mol. The van der Waals surface area contributed by atoms with Crippen molar-refractivity contribution >= 4 is 0 Å². The molecule has 20 heavy (non-hydrogen) atoms. The Morgan fingerprint density at radius 2 is 1.70 bits per heavy atom. The van der Waals surface area contributed by atoms with Gasteiger partial charge in [0.05, 0.1) is 5.56 Å². The first-order chi connectivity index (χ1) is 9.52. The van der Waals surface area contributed by atoms with E-state index in [9.17, 15) is 8.78 Å². The fraction of sp³-hybridized carbons (Fsp3) is 0.294. The maximum atomic E-state index is 14.1. The molecule has 2 aromatic carbocycles. The van der Waals surface area contributed by atoms with Crippen molar-refractivity contribution < 1.29 is 8.78 Å². The first-order valence-electron chi connectivity index (χ1n) is 6.74. The third-order valence-electron chi connectivity index (χ3n) is 3.56. The Morgan fingerprint density at radius 3 is 2.30 bits per heavy atom. The van der Waals surface area contributed by atoms with Crippen LogP contribution in [0, 0.1) is 18.6 Å². The molecule has 2 rings (SSSR count). The maximum Gasteiger partial charge on any atom is 0.136 e. The van der Waals surface area contributed by atoms with Gasteiger partial charge in [-0.2, -0.15) is 0 Å². The standard InChI is InChI=1S/C17H19F2N/c1-11-4-9-15(18)16(17(11)19)14-7-5-13(6-8-14)10-12(2)20-3/h4-9,12,20H,10H2,1-3H3. The topological polar surface area (TPSA) is 12.0 Å². The van der Waals surface area contributed by atoms with E-state index in [1.165, 1.54) is 12.1 Å². The summed E-state index contributed by atoms with van der Waals surface area (Å²) in [5.74, 6) is -1.01. The summed E-state index contributed by atoms with van der Waals surface area (Å²) in [6.45, 7) is 3.73. The van der Waals surface area contributed by atoms with E-state index in [0.29, 0.717) is 17.2 Å². The largest absolute Gasteiger partial charge is 0.317 e. The van der Waals surface area contributed by atoms with Crippen molar-refractivity contribution in [3.63, 3.8) is 0 Å². The van der Waals surface area contributed by atoms with Gasteiger partial charge in [-0.25, -0.2) is 8.78 Å². The van der Waals surface area contributed by atoms with Crippen molar-refractivity contribution in [2.75, 3.05) is 7.05 Å². The maximum absolute atomic E-state index is 14.1. The van der Waals surface area contributed by atoms with E-state index in [0.717, 1.165) is 12.0 Å². The number of halogens is 2. The minimum atomic E-state index is -0.524. The van der Waals surface area contributed by atoms with Gasteiger partial charge in [-0.05, 0) is 50.1 Å². The summed E-state index contributed by atoms with van der Waals surface area (Å²) in [5, 5.41) is 3.17. The Morgan fingerprint density at radius 1 is 1.05 bits per heavy atom. The number of benzene rings is 2. The lowest BCUT2D eigenvalue weighted by Gasteiger charge is -2.11. The molecular weight excluding hydrogens is 256 g/mol. The van der Waals surface area contributed by atoms with Crippen LogP contribution in [0.5, 0.6) is 0 Å². The summed E-state index contributed by atoms with van der Waals surface area (Å²) in [6.07, 6.45) is 0.884. The average molecular weight is 275 g/mol. The van der Waals surface area contributed by atoms with Crippen molar-refractivity contribution in [1.29, 1.82) is 0 Å². The predicted octanol–water partition coefficient (Wildman–Crippen LogP) is 4.09. The van der Waals surface area contributed by atoms with E-state index in [-0.39, 0.29) is 5.56 Å². The van der Waals surface area contributed by atoms with E-state index < -0.39 is 11.6 Å². The lowest BCUT2D eigenvalue weighted by Crippen LogP contribution is -2.23. The van der Waals surface area contributed by atoms with Crippen molar-refractivity contribution in [1.82, 2.24) is 5.32 Å². The van der Waals surface area contributed by atoms with Crippen molar-refractivity contribution in [3.8, 4) is 11.1 Å². The highest BCUT2D eigenvalue weighted by atomic mass is 19.1. The summed E-state index contributed by atoms with van der Waals surface area (Å²) >= 11 is 0. The number of nitrogens with one attached hydrogen (secondary N) is 1. The minimum Gasteiger partial charge on any atom is -0.317 e. The van der Waals surface area contributed by atoms with E-state index in [1.54, 1.807) is 19.1 Å². The van der Waals surface area contributed by atoms with Crippen LogP contribution in [-0.2, 0) is 6.42 Å². The Hall–Kier alpha value is -1.74. The molecule has 0 aliphatic heterocycles. The molecule has 0 aliphatic rings. The molecule has 0 heterocycles. The summed E-state index contributed by atoms with van der Waals surface area (Å²) in [4.78, 5) is 0. The molecule has 3 heteroatoms. The second-order valence-corrected chi connectivity index (χ2v) is 5.14. The molecular formula is C17H19F2N. The van der Waals surface area contributed by atoms with Crippen LogP contribution in [0.4, 0.5) is 8.78 Å². The summed E-state index contributed by atoms with van der Waals surface area (Å²) in [5.41, 5.74) is 2.22. The van der Waals surface area contributed by atoms with Crippen molar-refractivity contribution in [2.24, 2.45) is 0 Å². The zero-order chi connectivity index (χ0) is 14.7. The fourth-order valence-corrected chi connectivity index (χ4v) is 2.18. The molecule has 0 aromatic heterocycles. The normalized spacial score (nSPS) is 12.4. The van der Waals surface area contributed by atoms with E-state index in [4.69, 9.17) is 0 Å². The number of aryl methyl sites for hydroxylation is 1. The van der Waals surface area contributed by atoms with Gasteiger partial charge in [-0.1, -0.05) is 30.3 Å². The Labute approximate surface area is 118 Å². The summed E-state index contributed by atoms with van der Waals surface area (Å²) in [7, 11) is 1.91. The molecule has 1 N–H and O–H groups in total. The van der Waals surface area contributed by atoms with E-state index >= 15 is 0 Å². The summed E-state index contributed by atoms with van der Waals surface area (Å²) < 4.78 is 27.9. The molecule has 106 valence electrons. The quantitative estimate of drug-likeness (QED) is 0.886. The van der Waals surface area contributed by atoms with Crippen molar-refractivity contribution in [3.05, 3.63) is 59.2 Å². The molecule has 1 nitrogen and oxygen atoms in total. The van der Waals surface area contributed by atoms with Crippen LogP contribution in [0.25, 0.3) is 11.1 Å². The predicted molar refractivity (Wildman–Crippen MR) is 78.8 cm³/mol. The molecule has 0 aliphatic carbocycles. The van der Waals surface area contributed by atoms with E-state index in [2.05, 4.69) is 12.2 Å². The van der Waals surface area contributed by atoms with Gasteiger partial charge >= 0.3 is 0 Å². The zero-order valence-corrected chi connectivity index (χ0v) is 12.0. The van der Waals surface area contributed by atoms with Gasteiger partial charge in [0.1, 0.15) is 11.6 Å². The minimum absolute atomic E-state index is 0.0539. The number of hydrogen-bond acceptors (Lipinski definition) is 1. The van der Waals surface area contributed by atoms with Crippen molar-refractivity contribution in [2.45, 2.75) is 26.3 Å². The number of rotatable bonds is 4. The van der Waals surface area contributed by atoms with Gasteiger partial charge in [0.2, 0.25) is 0 Å². The molecule has 0 saturated heterocycles. The first kappa shape index (κ1) is 14.7. The SMILES string of the molecule is CNC(C)Cc1ccc(-c2c(F)ccc(C)c2F)cc1. The van der Waals surface area contributed by atoms with Gasteiger partial charge in [0, 0.05) is 6.04 Å². The highest BCUT2D eigenvalue weighted by molar-refractivity contribution is 5.66. The number of hydrogen-bond donors (Lipinski definition) is 1. The van der Waals surface area contributed by atoms with Gasteiger partial charge in [0.15, 0.2) is 0 Å². The van der Waals surface area contributed by atoms with Crippen LogP contribution in [0.1, 0.15) is 18.1 Å². The van der Waals surface area contributed by atoms with Crippen LogP contribution < -0.4 is 5.32 Å². The second kappa shape index (κ2) is 6.14. The van der Waals surface area contributed by atoms with Gasteiger partial charge in [-0.15, -0.1) is 0 Å². The molecule has 0 amide bonds. The highest BCUT2D eigenvalue weighted by Gasteiger charge is 2.13. The second-order valence-electron chi connectivity index (χ2n) is 5.14. The zero-order valence-electron chi connectivity index (χ0n) is 12.0. The van der Waals surface area contributed by atoms with Gasteiger partial charge < -0.3 is 5.32 Å². The van der Waals surface area contributed by atoms with Gasteiger partial charge in [-0.3, -0.25) is 0 Å².